The number of para-hydroxylation sites is 1. The van der Waals surface area contributed by atoms with Crippen molar-refractivity contribution in [3.63, 3.8) is 0 Å². The number of benzene rings is 2. The van der Waals surface area contributed by atoms with Crippen LogP contribution >= 0.6 is 11.8 Å². The number of hydrogen-bond donors (Lipinski definition) is 2. The zero-order valence-corrected chi connectivity index (χ0v) is 16.1. The highest BCUT2D eigenvalue weighted by Gasteiger charge is 2.41. The molecular weight excluding hydrogens is 358 g/mol. The lowest BCUT2D eigenvalue weighted by Crippen LogP contribution is -2.30. The monoisotopic (exact) mass is 379 g/mol. The molecule has 0 unspecified atom stereocenters. The molecule has 2 N–H and O–H groups in total. The lowest BCUT2D eigenvalue weighted by molar-refractivity contribution is 0.0744. The van der Waals surface area contributed by atoms with Crippen molar-refractivity contribution in [2.75, 3.05) is 12.8 Å². The number of aromatic hydroxyl groups is 1. The summed E-state index contributed by atoms with van der Waals surface area (Å²) in [6, 6.07) is 15.2. The summed E-state index contributed by atoms with van der Waals surface area (Å²) in [6.45, 7) is 2.73. The van der Waals surface area contributed by atoms with Crippen molar-refractivity contribution >= 4 is 17.7 Å². The number of nitrogens with zero attached hydrogens (tertiary/aromatic N) is 2. The molecule has 138 valence electrons. The lowest BCUT2D eigenvalue weighted by atomic mass is 9.95. The number of phenols is 1. The van der Waals surface area contributed by atoms with Gasteiger partial charge in [-0.1, -0.05) is 31.2 Å². The van der Waals surface area contributed by atoms with E-state index in [9.17, 15) is 9.90 Å². The number of carbonyl (C=O) groups is 1. The Kier molecular flexibility index (Phi) is 4.66. The molecule has 0 fully saturated rings. The summed E-state index contributed by atoms with van der Waals surface area (Å²) in [4.78, 5) is 16.1. The van der Waals surface area contributed by atoms with Crippen molar-refractivity contribution in [1.82, 2.24) is 15.1 Å². The Morgan fingerprint density at radius 1 is 1.19 bits per heavy atom. The number of carbonyl (C=O) groups excluding carboxylic acids is 1. The van der Waals surface area contributed by atoms with Crippen LogP contribution in [0.3, 0.4) is 0 Å². The Labute approximate surface area is 162 Å². The topological polar surface area (TPSA) is 69.2 Å². The minimum absolute atomic E-state index is 0.0417. The number of rotatable bonds is 5. The Balaban J connectivity index is 1.88. The molecule has 1 atom stereocenters. The largest absolute Gasteiger partial charge is 0.507 e. The molecule has 0 aliphatic carbocycles. The number of thioether (sulfide) groups is 1. The second-order valence-corrected chi connectivity index (χ2v) is 7.43. The Morgan fingerprint density at radius 2 is 1.93 bits per heavy atom. The predicted molar refractivity (Wildman–Crippen MR) is 107 cm³/mol. The van der Waals surface area contributed by atoms with Crippen molar-refractivity contribution in [3.05, 3.63) is 65.4 Å². The van der Waals surface area contributed by atoms with Crippen molar-refractivity contribution in [3.8, 4) is 17.0 Å². The highest BCUT2D eigenvalue weighted by molar-refractivity contribution is 7.98. The third kappa shape index (κ3) is 2.90. The van der Waals surface area contributed by atoms with Crippen LogP contribution in [-0.4, -0.2) is 38.9 Å². The van der Waals surface area contributed by atoms with Crippen LogP contribution in [0.15, 0.2) is 53.4 Å². The van der Waals surface area contributed by atoms with Gasteiger partial charge >= 0.3 is 0 Å². The average Bonchev–Trinajstić information content (AvgIpc) is 3.23. The van der Waals surface area contributed by atoms with E-state index in [1.54, 1.807) is 23.9 Å². The molecule has 5 nitrogen and oxygen atoms in total. The first-order valence-corrected chi connectivity index (χ1v) is 10.2. The molecule has 2 aromatic carbocycles. The SMILES string of the molecule is CCCN1C(=O)c2[nH]nc(-c3ccccc3O)c2[C@@H]1c1ccc(SC)cc1. The number of fused-ring (bicyclic) bond motifs is 1. The maximum Gasteiger partial charge on any atom is 0.273 e. The zero-order chi connectivity index (χ0) is 19.0. The first-order valence-electron chi connectivity index (χ1n) is 8.97. The molecule has 1 aromatic heterocycles. The maximum atomic E-state index is 13.0. The number of aromatic amines is 1. The van der Waals surface area contributed by atoms with Gasteiger partial charge in [0.15, 0.2) is 0 Å². The third-order valence-corrected chi connectivity index (χ3v) is 5.66. The van der Waals surface area contributed by atoms with Crippen molar-refractivity contribution in [2.45, 2.75) is 24.3 Å². The fraction of sp³-hybridized carbons (Fsp3) is 0.238. The smallest absolute Gasteiger partial charge is 0.273 e. The van der Waals surface area contributed by atoms with E-state index in [1.165, 1.54) is 4.90 Å². The van der Waals surface area contributed by atoms with E-state index in [0.717, 1.165) is 17.5 Å². The standard InChI is InChI=1S/C21H21N3O2S/c1-3-12-24-20(13-8-10-14(27-2)11-9-13)17-18(22-23-19(17)21(24)26)15-6-4-5-7-16(15)25/h4-11,20,25H,3,12H2,1-2H3,(H,22,23)/t20-/m0/s1. The van der Waals surface area contributed by atoms with Crippen LogP contribution in [0.2, 0.25) is 0 Å². The summed E-state index contributed by atoms with van der Waals surface area (Å²) >= 11 is 1.69. The number of aromatic nitrogens is 2. The Hall–Kier alpha value is -2.73. The van der Waals surface area contributed by atoms with Gasteiger partial charge in [0, 0.05) is 22.6 Å². The summed E-state index contributed by atoms with van der Waals surface area (Å²) in [7, 11) is 0. The van der Waals surface area contributed by atoms with Gasteiger partial charge in [-0.2, -0.15) is 5.10 Å². The highest BCUT2D eigenvalue weighted by Crippen LogP contribution is 2.44. The lowest BCUT2D eigenvalue weighted by Gasteiger charge is -2.26. The molecule has 3 aromatic rings. The molecule has 0 bridgehead atoms. The van der Waals surface area contributed by atoms with E-state index in [1.807, 2.05) is 23.3 Å². The molecule has 0 radical (unpaired) electrons. The molecule has 1 aliphatic rings. The van der Waals surface area contributed by atoms with Gasteiger partial charge in [0.2, 0.25) is 0 Å². The molecule has 6 heteroatoms. The average molecular weight is 379 g/mol. The van der Waals surface area contributed by atoms with Crippen molar-refractivity contribution in [2.24, 2.45) is 0 Å². The van der Waals surface area contributed by atoms with Crippen molar-refractivity contribution in [1.29, 1.82) is 0 Å². The van der Waals surface area contributed by atoms with Gasteiger partial charge in [0.1, 0.15) is 17.1 Å². The van der Waals surface area contributed by atoms with E-state index in [0.29, 0.717) is 23.5 Å². The van der Waals surface area contributed by atoms with E-state index in [-0.39, 0.29) is 17.7 Å². The predicted octanol–water partition coefficient (Wildman–Crippen LogP) is 4.46. The van der Waals surface area contributed by atoms with E-state index in [2.05, 4.69) is 41.4 Å². The quantitative estimate of drug-likeness (QED) is 0.642. The fourth-order valence-corrected chi connectivity index (χ4v) is 4.09. The van der Waals surface area contributed by atoms with Gasteiger partial charge < -0.3 is 10.0 Å². The zero-order valence-electron chi connectivity index (χ0n) is 15.3. The van der Waals surface area contributed by atoms with E-state index < -0.39 is 0 Å². The normalized spacial score (nSPS) is 16.0. The summed E-state index contributed by atoms with van der Waals surface area (Å²) in [5.41, 5.74) is 3.67. The van der Waals surface area contributed by atoms with Gasteiger partial charge in [0.05, 0.1) is 6.04 Å². The number of nitrogens with one attached hydrogen (secondary N) is 1. The summed E-state index contributed by atoms with van der Waals surface area (Å²) in [5.74, 6) is 0.115. The first-order chi connectivity index (χ1) is 13.2. The molecule has 2 heterocycles. The first kappa shape index (κ1) is 17.7. The molecule has 0 saturated heterocycles. The van der Waals surface area contributed by atoms with Crippen LogP contribution in [0.4, 0.5) is 0 Å². The van der Waals surface area contributed by atoms with Crippen LogP contribution in [0.25, 0.3) is 11.3 Å². The number of phenolic OH excluding ortho intramolecular Hbond substituents is 1. The molecule has 1 aliphatic heterocycles. The third-order valence-electron chi connectivity index (χ3n) is 4.92. The molecule has 1 amide bonds. The van der Waals surface area contributed by atoms with Gasteiger partial charge in [-0.3, -0.25) is 9.89 Å². The number of amides is 1. The van der Waals surface area contributed by atoms with Gasteiger partial charge in [-0.25, -0.2) is 0 Å². The van der Waals surface area contributed by atoms with Crippen LogP contribution in [0.1, 0.15) is 41.0 Å². The number of hydrogen-bond acceptors (Lipinski definition) is 4. The Bertz CT molecular complexity index is 981. The molecule has 0 saturated carbocycles. The van der Waals surface area contributed by atoms with E-state index >= 15 is 0 Å². The molecule has 0 spiro atoms. The molecular formula is C21H21N3O2S. The van der Waals surface area contributed by atoms with Crippen LogP contribution in [0.5, 0.6) is 5.75 Å². The second kappa shape index (κ2) is 7.12. The maximum absolute atomic E-state index is 13.0. The highest BCUT2D eigenvalue weighted by atomic mass is 32.2. The van der Waals surface area contributed by atoms with Crippen LogP contribution in [-0.2, 0) is 0 Å². The Morgan fingerprint density at radius 3 is 2.59 bits per heavy atom. The minimum Gasteiger partial charge on any atom is -0.507 e. The second-order valence-electron chi connectivity index (χ2n) is 6.55. The minimum atomic E-state index is -0.211. The van der Waals surface area contributed by atoms with E-state index in [4.69, 9.17) is 0 Å². The van der Waals surface area contributed by atoms with Gasteiger partial charge in [-0.15, -0.1) is 11.8 Å². The fourth-order valence-electron chi connectivity index (χ4n) is 3.68. The number of H-pyrrole nitrogens is 1. The molecule has 27 heavy (non-hydrogen) atoms. The van der Waals surface area contributed by atoms with Crippen LogP contribution in [0, 0.1) is 0 Å². The molecule has 4 rings (SSSR count). The van der Waals surface area contributed by atoms with Crippen LogP contribution < -0.4 is 0 Å². The summed E-state index contributed by atoms with van der Waals surface area (Å²) in [5, 5.41) is 17.6. The van der Waals surface area contributed by atoms with Gasteiger partial charge in [-0.05, 0) is 42.5 Å². The summed E-state index contributed by atoms with van der Waals surface area (Å²) < 4.78 is 0. The van der Waals surface area contributed by atoms with Gasteiger partial charge in [0.25, 0.3) is 5.91 Å². The summed E-state index contributed by atoms with van der Waals surface area (Å²) in [6.07, 6.45) is 2.91. The van der Waals surface area contributed by atoms with Crippen molar-refractivity contribution < 1.29 is 9.90 Å².